The molecule has 1 N–H and O–H groups in total. The minimum atomic E-state index is -1.11. The number of likely N-dealkylation sites (tertiary alicyclic amines) is 1. The Morgan fingerprint density at radius 3 is 2.84 bits per heavy atom. The summed E-state index contributed by atoms with van der Waals surface area (Å²) in [4.78, 5) is 18.1. The van der Waals surface area contributed by atoms with Crippen LogP contribution in [0.2, 0.25) is 5.02 Å². The van der Waals surface area contributed by atoms with Crippen LogP contribution in [0.4, 0.5) is 4.39 Å². The van der Waals surface area contributed by atoms with Crippen LogP contribution in [0.1, 0.15) is 55.8 Å². The van der Waals surface area contributed by atoms with Gasteiger partial charge in [-0.25, -0.2) is 4.39 Å². The van der Waals surface area contributed by atoms with E-state index in [-0.39, 0.29) is 12.3 Å². The third-order valence-corrected chi connectivity index (χ3v) is 8.06. The van der Waals surface area contributed by atoms with E-state index in [9.17, 15) is 9.90 Å². The molecule has 1 unspecified atom stereocenters. The summed E-state index contributed by atoms with van der Waals surface area (Å²) in [5, 5.41) is 10.9. The zero-order valence-corrected chi connectivity index (χ0v) is 22.2. The van der Waals surface area contributed by atoms with Crippen molar-refractivity contribution in [3.8, 4) is 5.75 Å². The van der Waals surface area contributed by atoms with Gasteiger partial charge in [0, 0.05) is 29.6 Å². The summed E-state index contributed by atoms with van der Waals surface area (Å²) in [7, 11) is 1.60. The van der Waals surface area contributed by atoms with Crippen LogP contribution in [0.25, 0.3) is 10.9 Å². The highest BCUT2D eigenvalue weighted by molar-refractivity contribution is 6.31. The number of carboxylic acid groups (broad SMARTS) is 1. The molecule has 2 aromatic carbocycles. The number of fused-ring (bicyclic) bond motifs is 1. The molecular weight excluding hydrogens is 491 g/mol. The van der Waals surface area contributed by atoms with Crippen LogP contribution in [0, 0.1) is 11.8 Å². The SMILES string of the molecule is COc1ccc2nccc(C(F)CC[C@@H]3CCN(CCCc4ccccc4Cl)C[C@@H]3CCC(=O)O)c2c1. The van der Waals surface area contributed by atoms with Gasteiger partial charge in [-0.1, -0.05) is 29.8 Å². The summed E-state index contributed by atoms with van der Waals surface area (Å²) in [6.07, 6.45) is 5.39. The Labute approximate surface area is 223 Å². The number of rotatable bonds is 12. The number of piperidine rings is 1. The Bertz CT molecular complexity index is 1190. The van der Waals surface area contributed by atoms with E-state index in [1.807, 2.05) is 36.4 Å². The summed E-state index contributed by atoms with van der Waals surface area (Å²) in [5.41, 5.74) is 2.56. The number of pyridine rings is 1. The topological polar surface area (TPSA) is 62.7 Å². The highest BCUT2D eigenvalue weighted by atomic mass is 35.5. The Morgan fingerprint density at radius 2 is 2.05 bits per heavy atom. The van der Waals surface area contributed by atoms with E-state index in [2.05, 4.69) is 16.0 Å². The fourth-order valence-corrected chi connectivity index (χ4v) is 5.86. The van der Waals surface area contributed by atoms with Crippen molar-refractivity contribution in [2.75, 3.05) is 26.7 Å². The van der Waals surface area contributed by atoms with Crippen molar-refractivity contribution in [1.29, 1.82) is 0 Å². The molecule has 4 rings (SSSR count). The summed E-state index contributed by atoms with van der Waals surface area (Å²) in [5.74, 6) is 0.492. The van der Waals surface area contributed by atoms with E-state index in [4.69, 9.17) is 16.3 Å². The number of aromatic nitrogens is 1. The maximum Gasteiger partial charge on any atom is 0.303 e. The van der Waals surface area contributed by atoms with Crippen LogP contribution in [-0.4, -0.2) is 47.7 Å². The highest BCUT2D eigenvalue weighted by Crippen LogP contribution is 2.36. The van der Waals surface area contributed by atoms with Crippen LogP contribution in [0.15, 0.2) is 54.7 Å². The molecule has 1 aliphatic rings. The van der Waals surface area contributed by atoms with Gasteiger partial charge in [0.2, 0.25) is 0 Å². The second-order valence-corrected chi connectivity index (χ2v) is 10.5. The molecule has 1 aliphatic heterocycles. The maximum atomic E-state index is 15.6. The van der Waals surface area contributed by atoms with Gasteiger partial charge in [0.05, 0.1) is 12.6 Å². The van der Waals surface area contributed by atoms with Crippen LogP contribution in [0.3, 0.4) is 0 Å². The Morgan fingerprint density at radius 1 is 1.22 bits per heavy atom. The van der Waals surface area contributed by atoms with Gasteiger partial charge in [-0.2, -0.15) is 0 Å². The van der Waals surface area contributed by atoms with E-state index in [0.717, 1.165) is 66.8 Å². The van der Waals surface area contributed by atoms with Crippen molar-refractivity contribution in [2.24, 2.45) is 11.8 Å². The molecule has 5 nitrogen and oxygen atoms in total. The number of aliphatic carboxylic acids is 1. The van der Waals surface area contributed by atoms with Crippen LogP contribution >= 0.6 is 11.6 Å². The first-order valence-electron chi connectivity index (χ1n) is 13.2. The smallest absolute Gasteiger partial charge is 0.303 e. The number of methoxy groups -OCH3 is 1. The molecule has 0 amide bonds. The lowest BCUT2D eigenvalue weighted by Gasteiger charge is -2.39. The first-order valence-corrected chi connectivity index (χ1v) is 13.6. The maximum absolute atomic E-state index is 15.6. The van der Waals surface area contributed by atoms with Crippen LogP contribution < -0.4 is 4.74 Å². The lowest BCUT2D eigenvalue weighted by molar-refractivity contribution is -0.137. The van der Waals surface area contributed by atoms with Gasteiger partial charge in [0.25, 0.3) is 0 Å². The predicted octanol–water partition coefficient (Wildman–Crippen LogP) is 7.12. The normalized spacial score (nSPS) is 19.1. The first-order chi connectivity index (χ1) is 17.9. The molecule has 0 saturated carbocycles. The van der Waals surface area contributed by atoms with Gasteiger partial charge in [-0.05, 0) is 105 Å². The Kier molecular flexibility index (Phi) is 9.75. The standard InChI is InChI=1S/C30H36ClFN2O3/c1-37-24-10-12-29-26(19-24)25(14-16-33-29)28(32)11-8-21-15-18-34(20-23(21)9-13-30(35)36)17-4-6-22-5-2-3-7-27(22)31/h2-3,5,7,10,12,14,16,19,21,23,28H,4,6,8-9,11,13,15,17-18,20H2,1H3,(H,35,36)/t21-,23+,28?/m1/s1. The third-order valence-electron chi connectivity index (χ3n) is 7.69. The van der Waals surface area contributed by atoms with E-state index >= 15 is 4.39 Å². The average Bonchev–Trinajstić information content (AvgIpc) is 2.91. The number of carboxylic acids is 1. The van der Waals surface area contributed by atoms with Gasteiger partial charge in [0.15, 0.2) is 0 Å². The minimum Gasteiger partial charge on any atom is -0.497 e. The molecule has 3 aromatic rings. The second kappa shape index (κ2) is 13.2. The molecule has 7 heteroatoms. The summed E-state index contributed by atoms with van der Waals surface area (Å²) >= 11 is 6.30. The molecule has 0 radical (unpaired) electrons. The van der Waals surface area contributed by atoms with Crippen LogP contribution in [-0.2, 0) is 11.2 Å². The van der Waals surface area contributed by atoms with Gasteiger partial charge in [0.1, 0.15) is 11.9 Å². The molecule has 1 aromatic heterocycles. The van der Waals surface area contributed by atoms with Crippen LogP contribution in [0.5, 0.6) is 5.75 Å². The predicted molar refractivity (Wildman–Crippen MR) is 146 cm³/mol. The third kappa shape index (κ3) is 7.42. The Balaban J connectivity index is 1.35. The zero-order chi connectivity index (χ0) is 26.2. The van der Waals surface area contributed by atoms with Crippen molar-refractivity contribution in [2.45, 2.75) is 51.1 Å². The number of alkyl halides is 1. The quantitative estimate of drug-likeness (QED) is 0.272. The fraction of sp³-hybridized carbons (Fsp3) is 0.467. The van der Waals surface area contributed by atoms with Crippen molar-refractivity contribution in [1.82, 2.24) is 9.88 Å². The van der Waals surface area contributed by atoms with E-state index in [0.29, 0.717) is 30.1 Å². The highest BCUT2D eigenvalue weighted by Gasteiger charge is 2.30. The van der Waals surface area contributed by atoms with E-state index in [1.54, 1.807) is 19.4 Å². The number of halogens is 2. The number of hydrogen-bond acceptors (Lipinski definition) is 4. The van der Waals surface area contributed by atoms with E-state index in [1.165, 1.54) is 0 Å². The van der Waals surface area contributed by atoms with Crippen molar-refractivity contribution in [3.05, 3.63) is 70.9 Å². The minimum absolute atomic E-state index is 0.155. The number of aryl methyl sites for hydroxylation is 1. The number of benzene rings is 2. The fourth-order valence-electron chi connectivity index (χ4n) is 5.63. The number of ether oxygens (including phenoxy) is 1. The monoisotopic (exact) mass is 526 g/mol. The molecule has 1 fully saturated rings. The molecule has 3 atom stereocenters. The molecule has 37 heavy (non-hydrogen) atoms. The van der Waals surface area contributed by atoms with Crippen molar-refractivity contribution >= 4 is 28.5 Å². The van der Waals surface area contributed by atoms with Gasteiger partial charge in [-0.15, -0.1) is 0 Å². The summed E-state index contributed by atoms with van der Waals surface area (Å²) in [6, 6.07) is 15.2. The molecule has 198 valence electrons. The Hall–Kier alpha value is -2.70. The lowest BCUT2D eigenvalue weighted by atomic mass is 9.79. The van der Waals surface area contributed by atoms with Gasteiger partial charge >= 0.3 is 5.97 Å². The molecule has 0 spiro atoms. The molecular formula is C30H36ClFN2O3. The molecule has 0 aliphatic carbocycles. The summed E-state index contributed by atoms with van der Waals surface area (Å²) < 4.78 is 20.9. The van der Waals surface area contributed by atoms with E-state index < -0.39 is 12.1 Å². The molecule has 2 heterocycles. The number of carbonyl (C=O) groups is 1. The largest absolute Gasteiger partial charge is 0.497 e. The number of hydrogen-bond donors (Lipinski definition) is 1. The average molecular weight is 527 g/mol. The second-order valence-electron chi connectivity index (χ2n) is 10.1. The number of nitrogens with zero attached hydrogens (tertiary/aromatic N) is 2. The van der Waals surface area contributed by atoms with Gasteiger partial charge < -0.3 is 14.7 Å². The molecule has 0 bridgehead atoms. The lowest BCUT2D eigenvalue weighted by Crippen LogP contribution is -2.41. The molecule has 1 saturated heterocycles. The van der Waals surface area contributed by atoms with Crippen molar-refractivity contribution < 1.29 is 19.0 Å². The first kappa shape index (κ1) is 27.3. The zero-order valence-electron chi connectivity index (χ0n) is 21.4. The summed E-state index contributed by atoms with van der Waals surface area (Å²) in [6.45, 7) is 2.79. The van der Waals surface area contributed by atoms with Crippen molar-refractivity contribution in [3.63, 3.8) is 0 Å². The van der Waals surface area contributed by atoms with Gasteiger partial charge in [-0.3, -0.25) is 9.78 Å².